The highest BCUT2D eigenvalue weighted by Gasteiger charge is 2.23. The number of primary sulfonamides is 1. The molecule has 0 spiro atoms. The van der Waals surface area contributed by atoms with Crippen LogP contribution in [0, 0.1) is 5.82 Å². The number of carbonyl (C=O) groups excluding carboxylic acids is 2. The van der Waals surface area contributed by atoms with Gasteiger partial charge in [-0.05, 0) is 43.3 Å². The number of halogens is 2. The molecule has 2 rings (SSSR count). The molecule has 0 aliphatic rings. The predicted octanol–water partition coefficient (Wildman–Crippen LogP) is 2.31. The molecule has 0 bridgehead atoms. The first-order chi connectivity index (χ1) is 12.1. The second-order valence-electron chi connectivity index (χ2n) is 5.23. The fourth-order valence-electron chi connectivity index (χ4n) is 1.93. The monoisotopic (exact) mass is 400 g/mol. The number of carbonyl (C=O) groups is 2. The summed E-state index contributed by atoms with van der Waals surface area (Å²) >= 11 is 5.80. The van der Waals surface area contributed by atoms with Crippen molar-refractivity contribution in [2.45, 2.75) is 17.9 Å². The molecule has 0 heterocycles. The van der Waals surface area contributed by atoms with Gasteiger partial charge in [-0.1, -0.05) is 17.7 Å². The fourth-order valence-corrected chi connectivity index (χ4v) is 2.66. The highest BCUT2D eigenvalue weighted by molar-refractivity contribution is 7.89. The van der Waals surface area contributed by atoms with Crippen LogP contribution in [0.25, 0.3) is 0 Å². The van der Waals surface area contributed by atoms with Crippen molar-refractivity contribution in [1.82, 2.24) is 0 Å². The average molecular weight is 401 g/mol. The van der Waals surface area contributed by atoms with Gasteiger partial charge in [0, 0.05) is 10.7 Å². The van der Waals surface area contributed by atoms with Gasteiger partial charge in [0.1, 0.15) is 5.82 Å². The van der Waals surface area contributed by atoms with Gasteiger partial charge in [0.2, 0.25) is 10.0 Å². The van der Waals surface area contributed by atoms with E-state index in [0.717, 1.165) is 18.2 Å². The number of anilines is 1. The Bertz CT molecular complexity index is 965. The molecule has 138 valence electrons. The third-order valence-electron chi connectivity index (χ3n) is 3.23. The smallest absolute Gasteiger partial charge is 0.341 e. The lowest BCUT2D eigenvalue weighted by Gasteiger charge is -2.14. The number of hydrogen-bond donors (Lipinski definition) is 2. The van der Waals surface area contributed by atoms with E-state index >= 15 is 0 Å². The van der Waals surface area contributed by atoms with E-state index in [1.807, 2.05) is 0 Å². The fraction of sp³-hybridized carbons (Fsp3) is 0.125. The Hall–Kier alpha value is -2.49. The zero-order valence-electron chi connectivity index (χ0n) is 13.4. The van der Waals surface area contributed by atoms with Crippen molar-refractivity contribution >= 4 is 39.2 Å². The SMILES string of the molecule is C[C@H](OC(=O)c1cc(S(N)(=O)=O)ccc1F)C(=O)Nc1cccc(Cl)c1. The largest absolute Gasteiger partial charge is 0.449 e. The second-order valence-corrected chi connectivity index (χ2v) is 7.23. The van der Waals surface area contributed by atoms with E-state index < -0.39 is 44.3 Å². The first-order valence-corrected chi connectivity index (χ1v) is 9.10. The molecule has 10 heteroatoms. The van der Waals surface area contributed by atoms with Gasteiger partial charge in [-0.3, -0.25) is 4.79 Å². The molecule has 0 unspecified atom stereocenters. The molecular formula is C16H14ClFN2O5S. The van der Waals surface area contributed by atoms with Crippen LogP contribution in [0.5, 0.6) is 0 Å². The zero-order chi connectivity index (χ0) is 19.5. The van der Waals surface area contributed by atoms with Crippen molar-refractivity contribution in [3.8, 4) is 0 Å². The topological polar surface area (TPSA) is 116 Å². The molecule has 0 saturated carbocycles. The first-order valence-electron chi connectivity index (χ1n) is 7.17. The number of benzene rings is 2. The van der Waals surface area contributed by atoms with Gasteiger partial charge in [-0.2, -0.15) is 0 Å². The van der Waals surface area contributed by atoms with Gasteiger partial charge in [0.05, 0.1) is 10.5 Å². The van der Waals surface area contributed by atoms with Crippen molar-refractivity contribution in [3.63, 3.8) is 0 Å². The molecule has 26 heavy (non-hydrogen) atoms. The van der Waals surface area contributed by atoms with Gasteiger partial charge < -0.3 is 10.1 Å². The number of hydrogen-bond acceptors (Lipinski definition) is 5. The highest BCUT2D eigenvalue weighted by Crippen LogP contribution is 2.17. The molecular weight excluding hydrogens is 387 g/mol. The summed E-state index contributed by atoms with van der Waals surface area (Å²) < 4.78 is 41.3. The van der Waals surface area contributed by atoms with Gasteiger partial charge in [0.25, 0.3) is 5.91 Å². The number of sulfonamides is 1. The molecule has 3 N–H and O–H groups in total. The summed E-state index contributed by atoms with van der Waals surface area (Å²) in [6.07, 6.45) is -1.28. The summed E-state index contributed by atoms with van der Waals surface area (Å²) in [5, 5.41) is 7.82. The van der Waals surface area contributed by atoms with E-state index in [0.29, 0.717) is 10.7 Å². The molecule has 1 atom stereocenters. The maximum atomic E-state index is 13.8. The maximum Gasteiger partial charge on any atom is 0.341 e. The Morgan fingerprint density at radius 2 is 1.92 bits per heavy atom. The van der Waals surface area contributed by atoms with Crippen LogP contribution in [0.15, 0.2) is 47.4 Å². The van der Waals surface area contributed by atoms with Crippen LogP contribution in [0.1, 0.15) is 17.3 Å². The molecule has 7 nitrogen and oxygen atoms in total. The third-order valence-corrected chi connectivity index (χ3v) is 4.38. The zero-order valence-corrected chi connectivity index (χ0v) is 15.0. The van der Waals surface area contributed by atoms with Crippen molar-refractivity contribution < 1.29 is 27.1 Å². The van der Waals surface area contributed by atoms with E-state index in [9.17, 15) is 22.4 Å². The average Bonchev–Trinajstić information content (AvgIpc) is 2.53. The summed E-state index contributed by atoms with van der Waals surface area (Å²) in [4.78, 5) is 23.7. The molecule has 0 aliphatic heterocycles. The third kappa shape index (κ3) is 5.01. The minimum Gasteiger partial charge on any atom is -0.449 e. The molecule has 0 aromatic heterocycles. The highest BCUT2D eigenvalue weighted by atomic mass is 35.5. The van der Waals surface area contributed by atoms with Crippen molar-refractivity contribution in [3.05, 3.63) is 58.9 Å². The van der Waals surface area contributed by atoms with Gasteiger partial charge >= 0.3 is 5.97 Å². The van der Waals surface area contributed by atoms with Crippen LogP contribution >= 0.6 is 11.6 Å². The van der Waals surface area contributed by atoms with E-state index in [2.05, 4.69) is 5.32 Å². The molecule has 2 aromatic rings. The van der Waals surface area contributed by atoms with Crippen molar-refractivity contribution in [1.29, 1.82) is 0 Å². The number of esters is 1. The lowest BCUT2D eigenvalue weighted by Crippen LogP contribution is -2.30. The van der Waals surface area contributed by atoms with E-state index in [4.69, 9.17) is 21.5 Å². The number of ether oxygens (including phenoxy) is 1. The lowest BCUT2D eigenvalue weighted by atomic mass is 10.2. The minimum atomic E-state index is -4.13. The molecule has 1 amide bonds. The normalized spacial score (nSPS) is 12.3. The Morgan fingerprint density at radius 3 is 2.54 bits per heavy atom. The first kappa shape index (κ1) is 19.8. The molecule has 0 fully saturated rings. The maximum absolute atomic E-state index is 13.8. The quantitative estimate of drug-likeness (QED) is 0.747. The van der Waals surface area contributed by atoms with E-state index in [-0.39, 0.29) is 0 Å². The standard InChI is InChI=1S/C16H14ClFN2O5S/c1-9(15(21)20-11-4-2-3-10(17)7-11)25-16(22)13-8-12(26(19,23)24)5-6-14(13)18/h2-9H,1H3,(H,20,21)(H2,19,23,24)/t9-/m0/s1. The van der Waals surface area contributed by atoms with Crippen LogP contribution in [-0.2, 0) is 19.6 Å². The van der Waals surface area contributed by atoms with Crippen LogP contribution in [0.4, 0.5) is 10.1 Å². The summed E-state index contributed by atoms with van der Waals surface area (Å²) in [7, 11) is -4.13. The van der Waals surface area contributed by atoms with Gasteiger partial charge in [0.15, 0.2) is 6.10 Å². The Kier molecular flexibility index (Phi) is 5.96. The number of nitrogens with two attached hydrogens (primary N) is 1. The molecule has 0 radical (unpaired) electrons. The number of nitrogens with one attached hydrogen (secondary N) is 1. The van der Waals surface area contributed by atoms with Crippen LogP contribution in [0.2, 0.25) is 5.02 Å². The summed E-state index contributed by atoms with van der Waals surface area (Å²) in [5.74, 6) is -2.89. The predicted molar refractivity (Wildman–Crippen MR) is 92.7 cm³/mol. The second kappa shape index (κ2) is 7.81. The van der Waals surface area contributed by atoms with Crippen LogP contribution in [-0.4, -0.2) is 26.4 Å². The van der Waals surface area contributed by atoms with Crippen molar-refractivity contribution in [2.24, 2.45) is 5.14 Å². The molecule has 0 aliphatic carbocycles. The Morgan fingerprint density at radius 1 is 1.23 bits per heavy atom. The molecule has 0 saturated heterocycles. The summed E-state index contributed by atoms with van der Waals surface area (Å²) in [5.41, 5.74) is -0.272. The number of amides is 1. The van der Waals surface area contributed by atoms with Crippen LogP contribution < -0.4 is 10.5 Å². The lowest BCUT2D eigenvalue weighted by molar-refractivity contribution is -0.123. The summed E-state index contributed by atoms with van der Waals surface area (Å²) in [6.45, 7) is 1.28. The van der Waals surface area contributed by atoms with E-state index in [1.165, 1.54) is 13.0 Å². The Labute approximate surface area is 154 Å². The van der Waals surface area contributed by atoms with Crippen molar-refractivity contribution in [2.75, 3.05) is 5.32 Å². The molecule has 2 aromatic carbocycles. The van der Waals surface area contributed by atoms with Gasteiger partial charge in [-0.15, -0.1) is 0 Å². The number of rotatable bonds is 5. The summed E-state index contributed by atoms with van der Waals surface area (Å²) in [6, 6.07) is 8.72. The van der Waals surface area contributed by atoms with E-state index in [1.54, 1.807) is 18.2 Å². The van der Waals surface area contributed by atoms with Gasteiger partial charge in [-0.25, -0.2) is 22.7 Å². The Balaban J connectivity index is 2.12. The minimum absolute atomic E-state index is 0.382. The van der Waals surface area contributed by atoms with Crippen LogP contribution in [0.3, 0.4) is 0 Å².